The fraction of sp³-hybridized carbons (Fsp3) is 0.235. The maximum Gasteiger partial charge on any atom is 0.264 e. The third kappa shape index (κ3) is 3.46. The van der Waals surface area contributed by atoms with Crippen LogP contribution in [-0.4, -0.2) is 29.6 Å². The number of hydrogen-bond donors (Lipinski definition) is 1. The Morgan fingerprint density at radius 2 is 1.96 bits per heavy atom. The molecule has 0 bridgehead atoms. The van der Waals surface area contributed by atoms with Crippen molar-refractivity contribution in [3.8, 4) is 11.5 Å². The average molecular weight is 343 g/mol. The summed E-state index contributed by atoms with van der Waals surface area (Å²) < 4.78 is 11.7. The third-order valence-electron chi connectivity index (χ3n) is 3.35. The molecule has 0 fully saturated rings. The Labute approximate surface area is 143 Å². The molecule has 0 unspecified atom stereocenters. The van der Waals surface area contributed by atoms with Gasteiger partial charge in [0.25, 0.3) is 5.91 Å². The van der Waals surface area contributed by atoms with Crippen molar-refractivity contribution in [2.45, 2.75) is 13.8 Å². The number of benzene rings is 1. The number of carbonyl (C=O) groups excluding carboxylic acids is 1. The van der Waals surface area contributed by atoms with Crippen molar-refractivity contribution in [2.75, 3.05) is 19.0 Å². The molecule has 0 radical (unpaired) electrons. The molecule has 0 saturated heterocycles. The van der Waals surface area contributed by atoms with Crippen LogP contribution in [0.5, 0.6) is 11.5 Å². The van der Waals surface area contributed by atoms with Crippen LogP contribution in [0.3, 0.4) is 0 Å². The van der Waals surface area contributed by atoms with Gasteiger partial charge in [0, 0.05) is 5.69 Å². The van der Waals surface area contributed by atoms with Crippen LogP contribution >= 0.6 is 11.3 Å². The van der Waals surface area contributed by atoms with E-state index in [1.165, 1.54) is 11.3 Å². The second kappa shape index (κ2) is 6.84. The number of hydrogen-bond acceptors (Lipinski definition) is 6. The topological polar surface area (TPSA) is 73.3 Å². The number of rotatable bonds is 5. The van der Waals surface area contributed by atoms with Crippen molar-refractivity contribution in [1.82, 2.24) is 9.97 Å². The van der Waals surface area contributed by atoms with Crippen LogP contribution in [0.25, 0.3) is 10.3 Å². The number of para-hydroxylation sites is 2. The van der Waals surface area contributed by atoms with Gasteiger partial charge in [-0.25, -0.2) is 4.98 Å². The molecule has 0 saturated carbocycles. The Bertz CT molecular complexity index is 892. The Balaban J connectivity index is 1.68. The van der Waals surface area contributed by atoms with Crippen molar-refractivity contribution in [1.29, 1.82) is 0 Å². The van der Waals surface area contributed by atoms with Gasteiger partial charge in [-0.1, -0.05) is 23.5 Å². The molecule has 2 heterocycles. The molecule has 0 aliphatic rings. The molecule has 2 aromatic heterocycles. The highest BCUT2D eigenvalue weighted by Gasteiger charge is 2.12. The largest absolute Gasteiger partial charge is 0.493 e. The zero-order chi connectivity index (χ0) is 17.1. The van der Waals surface area contributed by atoms with E-state index >= 15 is 0 Å². The summed E-state index contributed by atoms with van der Waals surface area (Å²) in [5.74, 6) is 0.822. The number of ether oxygens (including phenoxy) is 2. The lowest BCUT2D eigenvalue weighted by Crippen LogP contribution is -2.20. The van der Waals surface area contributed by atoms with Crippen molar-refractivity contribution in [2.24, 2.45) is 0 Å². The molecule has 0 spiro atoms. The predicted octanol–water partition coefficient (Wildman–Crippen LogP) is 3.33. The van der Waals surface area contributed by atoms with Gasteiger partial charge in [0.05, 0.1) is 11.8 Å². The number of anilines is 1. The van der Waals surface area contributed by atoms with Crippen LogP contribution in [0.4, 0.5) is 5.13 Å². The first-order valence-electron chi connectivity index (χ1n) is 7.37. The lowest BCUT2D eigenvalue weighted by atomic mass is 10.2. The Kier molecular flexibility index (Phi) is 4.61. The van der Waals surface area contributed by atoms with E-state index in [9.17, 15) is 4.79 Å². The van der Waals surface area contributed by atoms with E-state index in [1.807, 2.05) is 32.0 Å². The van der Waals surface area contributed by atoms with Crippen LogP contribution in [0.1, 0.15) is 11.3 Å². The quantitative estimate of drug-likeness (QED) is 0.769. The SMILES string of the molecule is COc1ccccc1OCC(=O)Nc1nc2nc(C)cc(C)c2s1. The van der Waals surface area contributed by atoms with Gasteiger partial charge in [-0.2, -0.15) is 4.98 Å². The van der Waals surface area contributed by atoms with E-state index in [1.54, 1.807) is 19.2 Å². The molecule has 6 nitrogen and oxygen atoms in total. The molecule has 1 N–H and O–H groups in total. The Morgan fingerprint density at radius 3 is 2.71 bits per heavy atom. The second-order valence-corrected chi connectivity index (χ2v) is 6.24. The van der Waals surface area contributed by atoms with Crippen molar-refractivity contribution >= 4 is 32.7 Å². The fourth-order valence-electron chi connectivity index (χ4n) is 2.31. The number of carbonyl (C=O) groups is 1. The van der Waals surface area contributed by atoms with E-state index in [4.69, 9.17) is 9.47 Å². The number of methoxy groups -OCH3 is 1. The number of fused-ring (bicyclic) bond motifs is 1. The predicted molar refractivity (Wildman–Crippen MR) is 94.0 cm³/mol. The van der Waals surface area contributed by atoms with Crippen LogP contribution in [0, 0.1) is 13.8 Å². The van der Waals surface area contributed by atoms with Crippen LogP contribution in [-0.2, 0) is 4.79 Å². The minimum absolute atomic E-state index is 0.123. The molecular weight excluding hydrogens is 326 g/mol. The molecule has 7 heteroatoms. The van der Waals surface area contributed by atoms with E-state index in [-0.39, 0.29) is 12.5 Å². The van der Waals surface area contributed by atoms with Crippen LogP contribution in [0.15, 0.2) is 30.3 Å². The number of nitrogens with one attached hydrogen (secondary N) is 1. The molecule has 124 valence electrons. The first-order chi connectivity index (χ1) is 11.6. The molecule has 24 heavy (non-hydrogen) atoms. The van der Waals surface area contributed by atoms with E-state index in [2.05, 4.69) is 15.3 Å². The summed E-state index contributed by atoms with van der Waals surface area (Å²) in [6.45, 7) is 3.80. The highest BCUT2D eigenvalue weighted by molar-refractivity contribution is 7.22. The summed E-state index contributed by atoms with van der Waals surface area (Å²) in [5.41, 5.74) is 2.65. The van der Waals surface area contributed by atoms with Gasteiger partial charge in [0.15, 0.2) is 28.9 Å². The maximum atomic E-state index is 12.1. The van der Waals surface area contributed by atoms with Gasteiger partial charge in [-0.05, 0) is 37.6 Å². The van der Waals surface area contributed by atoms with Gasteiger partial charge in [0.2, 0.25) is 0 Å². The molecule has 1 aromatic carbocycles. The zero-order valence-corrected chi connectivity index (χ0v) is 14.4. The highest BCUT2D eigenvalue weighted by Crippen LogP contribution is 2.28. The van der Waals surface area contributed by atoms with E-state index in [0.29, 0.717) is 22.3 Å². The number of pyridine rings is 1. The summed E-state index contributed by atoms with van der Waals surface area (Å²) in [4.78, 5) is 20.8. The second-order valence-electron chi connectivity index (χ2n) is 5.24. The normalized spacial score (nSPS) is 10.6. The van der Waals surface area contributed by atoms with Crippen LogP contribution in [0.2, 0.25) is 0 Å². The van der Waals surface area contributed by atoms with Gasteiger partial charge in [-0.15, -0.1) is 0 Å². The van der Waals surface area contributed by atoms with Crippen molar-refractivity contribution in [3.63, 3.8) is 0 Å². The van der Waals surface area contributed by atoms with Crippen LogP contribution < -0.4 is 14.8 Å². The summed E-state index contributed by atoms with van der Waals surface area (Å²) in [7, 11) is 1.56. The Morgan fingerprint density at radius 1 is 1.21 bits per heavy atom. The molecule has 0 aliphatic heterocycles. The summed E-state index contributed by atoms with van der Waals surface area (Å²) >= 11 is 1.40. The molecule has 1 amide bonds. The summed E-state index contributed by atoms with van der Waals surface area (Å²) in [6, 6.07) is 9.18. The third-order valence-corrected chi connectivity index (χ3v) is 4.44. The van der Waals surface area contributed by atoms with E-state index < -0.39 is 0 Å². The van der Waals surface area contributed by atoms with Gasteiger partial charge >= 0.3 is 0 Å². The fourth-order valence-corrected chi connectivity index (χ4v) is 3.21. The monoisotopic (exact) mass is 343 g/mol. The van der Waals surface area contributed by atoms with Gasteiger partial charge in [0.1, 0.15) is 0 Å². The summed E-state index contributed by atoms with van der Waals surface area (Å²) in [5, 5.41) is 3.26. The molecule has 0 aliphatic carbocycles. The standard InChI is InChI=1S/C17H17N3O3S/c1-10-8-11(2)18-16-15(10)24-17(20-16)19-14(21)9-23-13-7-5-4-6-12(13)22-3/h4-8H,9H2,1-3H3,(H,18,19,20,21). The number of thiazole rings is 1. The lowest BCUT2D eigenvalue weighted by molar-refractivity contribution is -0.118. The molecule has 3 rings (SSSR count). The lowest BCUT2D eigenvalue weighted by Gasteiger charge is -2.09. The minimum Gasteiger partial charge on any atom is -0.493 e. The zero-order valence-electron chi connectivity index (χ0n) is 13.6. The van der Waals surface area contributed by atoms with Crippen molar-refractivity contribution < 1.29 is 14.3 Å². The smallest absolute Gasteiger partial charge is 0.264 e. The number of amides is 1. The average Bonchev–Trinajstić information content (AvgIpc) is 2.95. The van der Waals surface area contributed by atoms with Crippen molar-refractivity contribution in [3.05, 3.63) is 41.6 Å². The number of nitrogens with zero attached hydrogens (tertiary/aromatic N) is 2. The highest BCUT2D eigenvalue weighted by atomic mass is 32.1. The first kappa shape index (κ1) is 16.2. The van der Waals surface area contributed by atoms with Gasteiger partial charge in [-0.3, -0.25) is 10.1 Å². The Hall–Kier alpha value is -2.67. The number of aryl methyl sites for hydroxylation is 2. The van der Waals surface area contributed by atoms with Gasteiger partial charge < -0.3 is 9.47 Å². The molecule has 0 atom stereocenters. The maximum absolute atomic E-state index is 12.1. The van der Waals surface area contributed by atoms with E-state index in [0.717, 1.165) is 16.0 Å². The summed E-state index contributed by atoms with van der Waals surface area (Å²) in [6.07, 6.45) is 0. The molecule has 3 aromatic rings. The molecular formula is C17H17N3O3S. The number of aromatic nitrogens is 2. The minimum atomic E-state index is -0.283. The first-order valence-corrected chi connectivity index (χ1v) is 8.19.